The number of benzene rings is 1. The van der Waals surface area contributed by atoms with Gasteiger partial charge in [-0.25, -0.2) is 9.37 Å². The summed E-state index contributed by atoms with van der Waals surface area (Å²) < 4.78 is 15.5. The molecule has 1 aromatic carbocycles. The Labute approximate surface area is 100 Å². The Morgan fingerprint density at radius 3 is 2.88 bits per heavy atom. The van der Waals surface area contributed by atoms with Crippen molar-refractivity contribution in [1.29, 1.82) is 0 Å². The lowest BCUT2D eigenvalue weighted by Crippen LogP contribution is -2.13. The summed E-state index contributed by atoms with van der Waals surface area (Å²) in [6, 6.07) is 5.10. The van der Waals surface area contributed by atoms with Crippen LogP contribution in [0, 0.1) is 5.82 Å². The van der Waals surface area contributed by atoms with Crippen molar-refractivity contribution in [1.82, 2.24) is 14.9 Å². The topological polar surface area (TPSA) is 29.9 Å². The average Bonchev–Trinajstić information content (AvgIpc) is 2.75. The summed E-state index contributed by atoms with van der Waals surface area (Å²) in [6.45, 7) is 3.37. The van der Waals surface area contributed by atoms with Crippen LogP contribution in [0.5, 0.6) is 0 Å². The van der Waals surface area contributed by atoms with E-state index in [4.69, 9.17) is 0 Å². The molecule has 1 heterocycles. The molecule has 2 rings (SSSR count). The quantitative estimate of drug-likeness (QED) is 0.878. The number of hydrogen-bond donors (Lipinski definition) is 1. The van der Waals surface area contributed by atoms with Gasteiger partial charge in [-0.2, -0.15) is 0 Å². The molecule has 0 saturated heterocycles. The fourth-order valence-electron chi connectivity index (χ4n) is 1.75. The van der Waals surface area contributed by atoms with Crippen LogP contribution in [0.25, 0.3) is 11.4 Å². The summed E-state index contributed by atoms with van der Waals surface area (Å²) in [5.41, 5.74) is 1.61. The summed E-state index contributed by atoms with van der Waals surface area (Å²) in [5.74, 6) is 0.673. The second-order valence-electron chi connectivity index (χ2n) is 3.95. The minimum atomic E-state index is -0.177. The number of hydrogen-bond acceptors (Lipinski definition) is 2. The second-order valence-corrected chi connectivity index (χ2v) is 3.95. The van der Waals surface area contributed by atoms with E-state index < -0.39 is 0 Å². The van der Waals surface area contributed by atoms with Gasteiger partial charge in [-0.05, 0) is 24.7 Å². The second kappa shape index (κ2) is 5.10. The van der Waals surface area contributed by atoms with Crippen molar-refractivity contribution in [2.24, 2.45) is 7.05 Å². The zero-order chi connectivity index (χ0) is 12.3. The first-order chi connectivity index (χ1) is 8.22. The van der Waals surface area contributed by atoms with E-state index in [1.165, 1.54) is 6.07 Å². The molecule has 0 amide bonds. The molecule has 0 spiro atoms. The highest BCUT2D eigenvalue weighted by Gasteiger charge is 2.07. The molecule has 0 atom stereocenters. The van der Waals surface area contributed by atoms with Crippen molar-refractivity contribution in [2.45, 2.75) is 13.5 Å². The maximum absolute atomic E-state index is 13.6. The SMILES string of the molecule is CCNCc1cc(-c2nccn2C)ccc1F. The zero-order valence-corrected chi connectivity index (χ0v) is 10.1. The van der Waals surface area contributed by atoms with Crippen molar-refractivity contribution >= 4 is 0 Å². The van der Waals surface area contributed by atoms with Crippen molar-refractivity contribution < 1.29 is 4.39 Å². The fraction of sp³-hybridized carbons (Fsp3) is 0.308. The molecular formula is C13H16FN3. The molecule has 0 fully saturated rings. The molecule has 0 unspecified atom stereocenters. The van der Waals surface area contributed by atoms with Crippen molar-refractivity contribution in [3.63, 3.8) is 0 Å². The van der Waals surface area contributed by atoms with Gasteiger partial charge in [-0.3, -0.25) is 0 Å². The highest BCUT2D eigenvalue weighted by atomic mass is 19.1. The maximum Gasteiger partial charge on any atom is 0.139 e. The molecule has 0 bridgehead atoms. The number of rotatable bonds is 4. The Bertz CT molecular complexity index is 505. The summed E-state index contributed by atoms with van der Waals surface area (Å²) in [7, 11) is 1.93. The van der Waals surface area contributed by atoms with Gasteiger partial charge in [0.05, 0.1) is 0 Å². The minimum Gasteiger partial charge on any atom is -0.334 e. The summed E-state index contributed by atoms with van der Waals surface area (Å²) in [4.78, 5) is 4.26. The summed E-state index contributed by atoms with van der Waals surface area (Å²) >= 11 is 0. The largest absolute Gasteiger partial charge is 0.334 e. The first-order valence-corrected chi connectivity index (χ1v) is 5.69. The van der Waals surface area contributed by atoms with Gasteiger partial charge in [-0.15, -0.1) is 0 Å². The first-order valence-electron chi connectivity index (χ1n) is 5.69. The molecule has 2 aromatic rings. The van der Waals surface area contributed by atoms with Gasteiger partial charge in [0.1, 0.15) is 11.6 Å². The third-order valence-corrected chi connectivity index (χ3v) is 2.69. The Kier molecular flexibility index (Phi) is 3.54. The lowest BCUT2D eigenvalue weighted by atomic mass is 10.1. The van der Waals surface area contributed by atoms with Crippen LogP contribution in [-0.2, 0) is 13.6 Å². The monoisotopic (exact) mass is 233 g/mol. The fourth-order valence-corrected chi connectivity index (χ4v) is 1.75. The molecule has 90 valence electrons. The highest BCUT2D eigenvalue weighted by Crippen LogP contribution is 2.20. The van der Waals surface area contributed by atoms with E-state index in [0.717, 1.165) is 17.9 Å². The molecular weight excluding hydrogens is 217 g/mol. The van der Waals surface area contributed by atoms with Crippen LogP contribution in [0.3, 0.4) is 0 Å². The van der Waals surface area contributed by atoms with Crippen LogP contribution < -0.4 is 5.32 Å². The molecule has 0 saturated carbocycles. The van der Waals surface area contributed by atoms with E-state index in [9.17, 15) is 4.39 Å². The Morgan fingerprint density at radius 1 is 1.41 bits per heavy atom. The Morgan fingerprint density at radius 2 is 2.24 bits per heavy atom. The van der Waals surface area contributed by atoms with Crippen LogP contribution in [-0.4, -0.2) is 16.1 Å². The zero-order valence-electron chi connectivity index (χ0n) is 10.1. The van der Waals surface area contributed by atoms with Crippen LogP contribution in [0.4, 0.5) is 4.39 Å². The number of imidazole rings is 1. The summed E-state index contributed by atoms with van der Waals surface area (Å²) in [6.07, 6.45) is 3.62. The molecule has 3 nitrogen and oxygen atoms in total. The van der Waals surface area contributed by atoms with E-state index in [1.54, 1.807) is 12.3 Å². The smallest absolute Gasteiger partial charge is 0.139 e. The van der Waals surface area contributed by atoms with Gasteiger partial charge in [0.25, 0.3) is 0 Å². The number of aromatic nitrogens is 2. The van der Waals surface area contributed by atoms with Gasteiger partial charge >= 0.3 is 0 Å². The number of aryl methyl sites for hydroxylation is 1. The third kappa shape index (κ3) is 2.53. The number of halogens is 1. The van der Waals surface area contributed by atoms with E-state index in [-0.39, 0.29) is 5.82 Å². The van der Waals surface area contributed by atoms with Crippen LogP contribution >= 0.6 is 0 Å². The summed E-state index contributed by atoms with van der Waals surface area (Å²) in [5, 5.41) is 3.13. The van der Waals surface area contributed by atoms with Crippen molar-refractivity contribution in [2.75, 3.05) is 6.54 Å². The first kappa shape index (κ1) is 11.8. The molecule has 0 aliphatic carbocycles. The van der Waals surface area contributed by atoms with Crippen molar-refractivity contribution in [3.05, 3.63) is 42.0 Å². The van der Waals surface area contributed by atoms with E-state index in [2.05, 4.69) is 10.3 Å². The number of nitrogens with one attached hydrogen (secondary N) is 1. The molecule has 4 heteroatoms. The van der Waals surface area contributed by atoms with Gasteiger partial charge in [-0.1, -0.05) is 6.92 Å². The minimum absolute atomic E-state index is 0.177. The van der Waals surface area contributed by atoms with E-state index in [0.29, 0.717) is 12.1 Å². The third-order valence-electron chi connectivity index (χ3n) is 2.69. The van der Waals surface area contributed by atoms with Gasteiger partial charge < -0.3 is 9.88 Å². The lowest BCUT2D eigenvalue weighted by Gasteiger charge is -2.07. The van der Waals surface area contributed by atoms with Gasteiger partial charge in [0.2, 0.25) is 0 Å². The standard InChI is InChI=1S/C13H16FN3/c1-3-15-9-11-8-10(4-5-12(11)14)13-16-6-7-17(13)2/h4-8,15H,3,9H2,1-2H3. The van der Waals surface area contributed by atoms with E-state index in [1.807, 2.05) is 30.8 Å². The molecule has 1 aromatic heterocycles. The van der Waals surface area contributed by atoms with Crippen LogP contribution in [0.2, 0.25) is 0 Å². The normalized spacial score (nSPS) is 10.8. The molecule has 0 aliphatic heterocycles. The predicted molar refractivity (Wildman–Crippen MR) is 66.0 cm³/mol. The maximum atomic E-state index is 13.6. The Hall–Kier alpha value is -1.68. The van der Waals surface area contributed by atoms with Crippen LogP contribution in [0.15, 0.2) is 30.6 Å². The predicted octanol–water partition coefficient (Wildman–Crippen LogP) is 2.34. The van der Waals surface area contributed by atoms with Gasteiger partial charge in [0.15, 0.2) is 0 Å². The van der Waals surface area contributed by atoms with Gasteiger partial charge in [0, 0.05) is 37.1 Å². The van der Waals surface area contributed by atoms with Crippen molar-refractivity contribution in [3.8, 4) is 11.4 Å². The lowest BCUT2D eigenvalue weighted by molar-refractivity contribution is 0.593. The molecule has 0 radical (unpaired) electrons. The van der Waals surface area contributed by atoms with Crippen LogP contribution in [0.1, 0.15) is 12.5 Å². The molecule has 1 N–H and O–H groups in total. The number of nitrogens with zero attached hydrogens (tertiary/aromatic N) is 2. The molecule has 0 aliphatic rings. The Balaban J connectivity index is 2.34. The van der Waals surface area contributed by atoms with E-state index >= 15 is 0 Å². The average molecular weight is 233 g/mol. The molecule has 17 heavy (non-hydrogen) atoms. The highest BCUT2D eigenvalue weighted by molar-refractivity contribution is 5.56.